The second-order valence-corrected chi connectivity index (χ2v) is 19.3. The Labute approximate surface area is 124 Å². The van der Waals surface area contributed by atoms with Crippen molar-refractivity contribution in [3.63, 3.8) is 0 Å². The molecule has 0 unspecified atom stereocenters. The summed E-state index contributed by atoms with van der Waals surface area (Å²) >= 11 is 0. The van der Waals surface area contributed by atoms with Gasteiger partial charge in [0.2, 0.25) is 0 Å². The van der Waals surface area contributed by atoms with Gasteiger partial charge in [0.15, 0.2) is 8.32 Å². The Morgan fingerprint density at radius 2 is 1.11 bits per heavy atom. The van der Waals surface area contributed by atoms with Gasteiger partial charge in [0.1, 0.15) is 0 Å². The zero-order chi connectivity index (χ0) is 13.7. The monoisotopic (exact) mass is 328 g/mol. The van der Waals surface area contributed by atoms with Crippen molar-refractivity contribution in [1.29, 1.82) is 0 Å². The minimum atomic E-state index is -2.50. The average molecular weight is 329 g/mol. The van der Waals surface area contributed by atoms with E-state index in [4.69, 9.17) is 17.7 Å². The second kappa shape index (κ2) is 9.43. The van der Waals surface area contributed by atoms with Crippen molar-refractivity contribution < 1.29 is 17.7 Å². The van der Waals surface area contributed by atoms with Gasteiger partial charge in [-0.25, -0.2) is 0 Å². The van der Waals surface area contributed by atoms with E-state index in [2.05, 4.69) is 32.7 Å². The van der Waals surface area contributed by atoms with E-state index in [1.807, 2.05) is 0 Å². The van der Waals surface area contributed by atoms with Crippen LogP contribution in [-0.4, -0.2) is 52.8 Å². The van der Waals surface area contributed by atoms with Gasteiger partial charge >= 0.3 is 8.80 Å². The number of hydrogen-bond acceptors (Lipinski definition) is 4. The predicted octanol–water partition coefficient (Wildman–Crippen LogP) is 3.78. The summed E-state index contributed by atoms with van der Waals surface area (Å²) in [5, 5.41) is 0. The predicted molar refractivity (Wildman–Crippen MR) is 91.8 cm³/mol. The summed E-state index contributed by atoms with van der Waals surface area (Å²) in [6.07, 6.45) is 0.897. The first kappa shape index (κ1) is 24.5. The molecular weight excluding hydrogens is 292 g/mol. The third kappa shape index (κ3) is 9.94. The highest BCUT2D eigenvalue weighted by Gasteiger charge is 2.46. The molecule has 0 atom stereocenters. The van der Waals surface area contributed by atoms with E-state index in [1.165, 1.54) is 0 Å². The summed E-state index contributed by atoms with van der Waals surface area (Å²) in [5.41, 5.74) is 0.800. The molecular formula is C12H36O4Si3. The molecule has 0 heterocycles. The molecule has 4 nitrogen and oxygen atoms in total. The molecule has 0 N–H and O–H groups in total. The van der Waals surface area contributed by atoms with Gasteiger partial charge in [-0.3, -0.25) is 0 Å². The van der Waals surface area contributed by atoms with Gasteiger partial charge in [-0.05, 0) is 13.1 Å². The Morgan fingerprint density at radius 1 is 0.737 bits per heavy atom. The van der Waals surface area contributed by atoms with Gasteiger partial charge in [-0.15, -0.1) is 0 Å². The third-order valence-electron chi connectivity index (χ3n) is 2.47. The van der Waals surface area contributed by atoms with Crippen LogP contribution < -0.4 is 0 Å². The molecule has 0 radical (unpaired) electrons. The van der Waals surface area contributed by atoms with Crippen LogP contribution in [0.2, 0.25) is 38.4 Å². The Hall–Kier alpha value is 0.491. The van der Waals surface area contributed by atoms with Crippen LogP contribution in [-0.2, 0) is 17.7 Å². The molecule has 19 heavy (non-hydrogen) atoms. The van der Waals surface area contributed by atoms with Crippen LogP contribution >= 0.6 is 0 Å². The first-order valence-corrected chi connectivity index (χ1v) is 14.6. The lowest BCUT2D eigenvalue weighted by atomic mass is 11.7. The van der Waals surface area contributed by atoms with Crippen LogP contribution in [0.5, 0.6) is 0 Å². The fourth-order valence-corrected chi connectivity index (χ4v) is 11.6. The molecule has 0 amide bonds. The van der Waals surface area contributed by atoms with E-state index >= 15 is 0 Å². The Bertz CT molecular complexity index is 217. The van der Waals surface area contributed by atoms with Crippen molar-refractivity contribution in [1.82, 2.24) is 0 Å². The fourth-order valence-electron chi connectivity index (χ4n) is 1.45. The topological polar surface area (TPSA) is 36.9 Å². The van der Waals surface area contributed by atoms with E-state index in [0.717, 1.165) is 11.9 Å². The van der Waals surface area contributed by atoms with Gasteiger partial charge in [0.05, 0.1) is 8.07 Å². The largest absolute Gasteiger partial charge is 0.499 e. The number of hydrogen-bond donors (Lipinski definition) is 0. The first-order valence-electron chi connectivity index (χ1n) is 5.89. The minimum Gasteiger partial charge on any atom is -0.421 e. The highest BCUT2D eigenvalue weighted by Crippen LogP contribution is 2.23. The molecule has 0 aliphatic carbocycles. The summed E-state index contributed by atoms with van der Waals surface area (Å²) < 4.78 is 22.5. The van der Waals surface area contributed by atoms with Crippen LogP contribution in [0.4, 0.5) is 0 Å². The summed E-state index contributed by atoms with van der Waals surface area (Å²) in [6.45, 7) is 11.3. The van der Waals surface area contributed by atoms with Crippen LogP contribution in [0.25, 0.3) is 0 Å². The maximum atomic E-state index is 6.15. The van der Waals surface area contributed by atoms with Crippen LogP contribution in [0.3, 0.4) is 0 Å². The second-order valence-electron chi connectivity index (χ2n) is 6.08. The van der Waals surface area contributed by atoms with Crippen molar-refractivity contribution in [2.45, 2.75) is 53.3 Å². The van der Waals surface area contributed by atoms with E-state index in [1.54, 1.807) is 21.3 Å². The summed E-state index contributed by atoms with van der Waals surface area (Å²) in [7, 11) is -0.490. The highest BCUT2D eigenvalue weighted by atomic mass is 28.4. The Balaban J connectivity index is -0.00000128. The smallest absolute Gasteiger partial charge is 0.421 e. The van der Waals surface area contributed by atoms with Crippen LogP contribution in [0.15, 0.2) is 0 Å². The summed E-state index contributed by atoms with van der Waals surface area (Å²) in [6, 6.07) is 0. The van der Waals surface area contributed by atoms with Crippen molar-refractivity contribution in [3.8, 4) is 0 Å². The maximum absolute atomic E-state index is 6.15. The standard InChI is InChI=1S/C10H28O4Si3.2CH4/c1-11-17(12-2,13-3)10-16(7,8)14-9-15(4,5)6;;/h9-10H2,1-8H3;2*1H4. The van der Waals surface area contributed by atoms with E-state index in [-0.39, 0.29) is 14.9 Å². The van der Waals surface area contributed by atoms with Crippen molar-refractivity contribution in [2.75, 3.05) is 27.6 Å². The molecule has 0 rings (SSSR count). The molecule has 0 aliphatic rings. The molecule has 0 spiro atoms. The van der Waals surface area contributed by atoms with Gasteiger partial charge in [0.25, 0.3) is 0 Å². The maximum Gasteiger partial charge on any atom is 0.499 e. The molecule has 0 saturated heterocycles. The normalized spacial score (nSPS) is 12.6. The van der Waals surface area contributed by atoms with Crippen LogP contribution in [0, 0.1) is 0 Å². The zero-order valence-corrected chi connectivity index (χ0v) is 15.5. The van der Waals surface area contributed by atoms with E-state index < -0.39 is 25.2 Å². The fraction of sp³-hybridized carbons (Fsp3) is 1.00. The number of rotatable bonds is 8. The van der Waals surface area contributed by atoms with Gasteiger partial charge < -0.3 is 17.7 Å². The van der Waals surface area contributed by atoms with Gasteiger partial charge in [-0.2, -0.15) is 0 Å². The quantitative estimate of drug-likeness (QED) is 0.636. The summed E-state index contributed by atoms with van der Waals surface area (Å²) in [5.74, 6) is 0. The first-order chi connectivity index (χ1) is 7.60. The van der Waals surface area contributed by atoms with Crippen molar-refractivity contribution in [3.05, 3.63) is 0 Å². The van der Waals surface area contributed by atoms with E-state index in [9.17, 15) is 0 Å². The zero-order valence-electron chi connectivity index (χ0n) is 12.5. The lowest BCUT2D eigenvalue weighted by Crippen LogP contribution is -2.52. The Morgan fingerprint density at radius 3 is 1.37 bits per heavy atom. The minimum absolute atomic E-state index is 0. The third-order valence-corrected chi connectivity index (χ3v) is 11.7. The molecule has 0 aliphatic heterocycles. The molecule has 0 aromatic heterocycles. The SMILES string of the molecule is C.C.CO[Si](C[Si](C)(C)OC[Si](C)(C)C)(OC)OC. The molecule has 0 bridgehead atoms. The highest BCUT2D eigenvalue weighted by molar-refractivity contribution is 6.86. The summed E-state index contributed by atoms with van der Waals surface area (Å²) in [4.78, 5) is 0. The average Bonchev–Trinajstić information content (AvgIpc) is 2.23. The van der Waals surface area contributed by atoms with Gasteiger partial charge in [-0.1, -0.05) is 34.5 Å². The lowest BCUT2D eigenvalue weighted by molar-refractivity contribution is 0.127. The molecule has 0 aromatic carbocycles. The van der Waals surface area contributed by atoms with Crippen molar-refractivity contribution in [2.24, 2.45) is 0 Å². The molecule has 0 aromatic rings. The Kier molecular flexibility index (Phi) is 12.2. The molecule has 7 heteroatoms. The lowest BCUT2D eigenvalue weighted by Gasteiger charge is -2.33. The van der Waals surface area contributed by atoms with Gasteiger partial charge in [0, 0.05) is 33.2 Å². The molecule has 120 valence electrons. The van der Waals surface area contributed by atoms with Crippen molar-refractivity contribution >= 4 is 25.2 Å². The molecule has 0 fully saturated rings. The van der Waals surface area contributed by atoms with E-state index in [0.29, 0.717) is 0 Å². The molecule has 0 saturated carbocycles. The van der Waals surface area contributed by atoms with Crippen LogP contribution in [0.1, 0.15) is 14.9 Å².